The van der Waals surface area contributed by atoms with Gasteiger partial charge in [-0.3, -0.25) is 0 Å². The van der Waals surface area contributed by atoms with Gasteiger partial charge in [-0.05, 0) is 50.1 Å². The van der Waals surface area contributed by atoms with Crippen molar-refractivity contribution in [3.63, 3.8) is 0 Å². The number of nitrogens with zero attached hydrogens (tertiary/aromatic N) is 3. The Labute approximate surface area is 188 Å². The first-order valence-electron chi connectivity index (χ1n) is 10.8. The van der Waals surface area contributed by atoms with Gasteiger partial charge in [0.2, 0.25) is 0 Å². The van der Waals surface area contributed by atoms with E-state index in [9.17, 15) is 14.0 Å². The van der Waals surface area contributed by atoms with E-state index in [1.54, 1.807) is 13.0 Å². The molecular formula is C23H23FN4O5. The van der Waals surface area contributed by atoms with Crippen LogP contribution in [-0.4, -0.2) is 47.9 Å². The molecule has 1 aliphatic carbocycles. The maximum absolute atomic E-state index is 13.3. The number of hydrogen-bond donors (Lipinski definition) is 1. The summed E-state index contributed by atoms with van der Waals surface area (Å²) in [7, 11) is 0. The van der Waals surface area contributed by atoms with Crippen molar-refractivity contribution in [1.29, 1.82) is 0 Å². The molecule has 0 radical (unpaired) electrons. The predicted molar refractivity (Wildman–Crippen MR) is 115 cm³/mol. The third-order valence-electron chi connectivity index (χ3n) is 6.08. The van der Waals surface area contributed by atoms with Crippen LogP contribution in [0, 0.1) is 11.2 Å². The first-order chi connectivity index (χ1) is 15.9. The van der Waals surface area contributed by atoms with Crippen LogP contribution in [0.15, 0.2) is 40.9 Å². The third-order valence-corrected chi connectivity index (χ3v) is 6.08. The van der Waals surface area contributed by atoms with E-state index < -0.39 is 12.1 Å². The fourth-order valence-corrected chi connectivity index (χ4v) is 4.56. The Balaban J connectivity index is 1.06. The minimum atomic E-state index is -0.584. The summed E-state index contributed by atoms with van der Waals surface area (Å²) in [5.74, 6) is 0.288. The molecule has 0 atom stereocenters. The van der Waals surface area contributed by atoms with Gasteiger partial charge in [-0.15, -0.1) is 0 Å². The highest BCUT2D eigenvalue weighted by Crippen LogP contribution is 2.49. The standard InChI is InChI=1S/C23H23FN4O5/c1-2-31-21(29)19-8-17(33-27-19)11-32-22(30)25-16-9-23(10-16)12-28(13-23)20-6-3-14-7-15(24)4-5-18(14)26-20/h3-8,16H,2,9-13H2,1H3,(H,25,30). The molecular weight excluding hydrogens is 431 g/mol. The molecule has 2 fully saturated rings. The zero-order valence-electron chi connectivity index (χ0n) is 18.0. The van der Waals surface area contributed by atoms with E-state index in [0.29, 0.717) is 0 Å². The second-order valence-corrected chi connectivity index (χ2v) is 8.59. The number of alkyl carbamates (subject to hydrolysis) is 1. The molecule has 2 aromatic heterocycles. The topological polar surface area (TPSA) is 107 Å². The Morgan fingerprint density at radius 2 is 2.03 bits per heavy atom. The van der Waals surface area contributed by atoms with Gasteiger partial charge < -0.3 is 24.2 Å². The fourth-order valence-electron chi connectivity index (χ4n) is 4.56. The maximum Gasteiger partial charge on any atom is 0.407 e. The zero-order chi connectivity index (χ0) is 23.0. The fraction of sp³-hybridized carbons (Fsp3) is 0.391. The van der Waals surface area contributed by atoms with Crippen molar-refractivity contribution >= 4 is 28.8 Å². The average Bonchev–Trinajstić information content (AvgIpc) is 3.22. The van der Waals surface area contributed by atoms with Crippen molar-refractivity contribution < 1.29 is 28.0 Å². The van der Waals surface area contributed by atoms with Gasteiger partial charge in [-0.1, -0.05) is 5.16 Å². The molecule has 10 heteroatoms. The molecule has 1 aromatic carbocycles. The molecule has 1 spiro atoms. The molecule has 1 aliphatic heterocycles. The maximum atomic E-state index is 13.3. The molecule has 3 aromatic rings. The Morgan fingerprint density at radius 1 is 1.21 bits per heavy atom. The smallest absolute Gasteiger partial charge is 0.407 e. The lowest BCUT2D eigenvalue weighted by molar-refractivity contribution is 0.0416. The van der Waals surface area contributed by atoms with Gasteiger partial charge in [0.15, 0.2) is 18.1 Å². The molecule has 2 aliphatic rings. The number of nitrogens with one attached hydrogen (secondary N) is 1. The van der Waals surface area contributed by atoms with E-state index in [2.05, 4.69) is 20.4 Å². The lowest BCUT2D eigenvalue weighted by Crippen LogP contribution is -2.66. The molecule has 1 saturated carbocycles. The van der Waals surface area contributed by atoms with Gasteiger partial charge in [0, 0.05) is 36.0 Å². The Bertz CT molecular complexity index is 1200. The number of fused-ring (bicyclic) bond motifs is 1. The second kappa shape index (κ2) is 8.34. The van der Waals surface area contributed by atoms with Crippen LogP contribution in [0.1, 0.15) is 36.0 Å². The number of carbonyl (C=O) groups excluding carboxylic acids is 2. The van der Waals surface area contributed by atoms with Gasteiger partial charge in [0.25, 0.3) is 0 Å². The van der Waals surface area contributed by atoms with Crippen LogP contribution in [0.5, 0.6) is 0 Å². The van der Waals surface area contributed by atoms with Crippen LogP contribution < -0.4 is 10.2 Å². The molecule has 0 unspecified atom stereocenters. The first-order valence-corrected chi connectivity index (χ1v) is 10.8. The number of benzene rings is 1. The van der Waals surface area contributed by atoms with Crippen molar-refractivity contribution in [3.8, 4) is 0 Å². The molecule has 5 rings (SSSR count). The SMILES string of the molecule is CCOC(=O)c1cc(COC(=O)NC2CC3(C2)CN(c2ccc4cc(F)ccc4n2)C3)on1. The van der Waals surface area contributed by atoms with E-state index in [4.69, 9.17) is 14.0 Å². The van der Waals surface area contributed by atoms with Gasteiger partial charge in [-0.25, -0.2) is 19.0 Å². The number of amides is 1. The van der Waals surface area contributed by atoms with Crippen LogP contribution in [0.4, 0.5) is 15.0 Å². The Morgan fingerprint density at radius 3 is 2.82 bits per heavy atom. The van der Waals surface area contributed by atoms with E-state index in [0.717, 1.165) is 42.7 Å². The number of pyridine rings is 1. The number of esters is 1. The summed E-state index contributed by atoms with van der Waals surface area (Å²) < 4.78 is 28.3. The monoisotopic (exact) mass is 454 g/mol. The number of hydrogen-bond acceptors (Lipinski definition) is 8. The zero-order valence-corrected chi connectivity index (χ0v) is 18.0. The molecule has 1 N–H and O–H groups in total. The lowest BCUT2D eigenvalue weighted by Gasteiger charge is -2.59. The van der Waals surface area contributed by atoms with Crippen LogP contribution in [0.2, 0.25) is 0 Å². The summed E-state index contributed by atoms with van der Waals surface area (Å²) in [6.45, 7) is 3.55. The van der Waals surface area contributed by atoms with Crippen LogP contribution in [-0.2, 0) is 16.1 Å². The summed E-state index contributed by atoms with van der Waals surface area (Å²) in [6, 6.07) is 9.83. The Hall–Kier alpha value is -3.69. The summed E-state index contributed by atoms with van der Waals surface area (Å²) in [4.78, 5) is 30.5. The summed E-state index contributed by atoms with van der Waals surface area (Å²) >= 11 is 0. The quantitative estimate of drug-likeness (QED) is 0.565. The van der Waals surface area contributed by atoms with Crippen molar-refractivity contribution in [2.75, 3.05) is 24.6 Å². The summed E-state index contributed by atoms with van der Waals surface area (Å²) in [5, 5.41) is 7.24. The minimum Gasteiger partial charge on any atom is -0.461 e. The number of carbonyl (C=O) groups is 2. The molecule has 1 amide bonds. The number of rotatable bonds is 6. The molecule has 33 heavy (non-hydrogen) atoms. The third kappa shape index (κ3) is 4.33. The van der Waals surface area contributed by atoms with Gasteiger partial charge >= 0.3 is 12.1 Å². The van der Waals surface area contributed by atoms with Gasteiger partial charge in [0.05, 0.1) is 12.1 Å². The van der Waals surface area contributed by atoms with Crippen LogP contribution in [0.3, 0.4) is 0 Å². The highest BCUT2D eigenvalue weighted by Gasteiger charge is 2.53. The highest BCUT2D eigenvalue weighted by atomic mass is 19.1. The van der Waals surface area contributed by atoms with Crippen molar-refractivity contribution in [2.45, 2.75) is 32.4 Å². The summed E-state index contributed by atoms with van der Waals surface area (Å²) in [5.41, 5.74) is 0.989. The highest BCUT2D eigenvalue weighted by molar-refractivity contribution is 5.87. The Kier molecular flexibility index (Phi) is 5.35. The number of anilines is 1. The van der Waals surface area contributed by atoms with Crippen molar-refractivity contribution in [1.82, 2.24) is 15.5 Å². The predicted octanol–water partition coefficient (Wildman–Crippen LogP) is 3.43. The van der Waals surface area contributed by atoms with E-state index in [1.165, 1.54) is 18.2 Å². The van der Waals surface area contributed by atoms with E-state index >= 15 is 0 Å². The lowest BCUT2D eigenvalue weighted by atomic mass is 9.60. The van der Waals surface area contributed by atoms with Crippen molar-refractivity contribution in [3.05, 3.63) is 53.7 Å². The number of aromatic nitrogens is 2. The molecule has 172 valence electrons. The van der Waals surface area contributed by atoms with Crippen molar-refractivity contribution in [2.24, 2.45) is 5.41 Å². The number of halogens is 1. The molecule has 1 saturated heterocycles. The van der Waals surface area contributed by atoms with E-state index in [1.807, 2.05) is 12.1 Å². The average molecular weight is 454 g/mol. The first kappa shape index (κ1) is 21.2. The summed E-state index contributed by atoms with van der Waals surface area (Å²) in [6.07, 6.45) is 1.20. The van der Waals surface area contributed by atoms with Gasteiger partial charge in [0.1, 0.15) is 11.6 Å². The van der Waals surface area contributed by atoms with Crippen LogP contribution in [0.25, 0.3) is 10.9 Å². The normalized spacial score (nSPS) is 16.8. The van der Waals surface area contributed by atoms with Gasteiger partial charge in [-0.2, -0.15) is 0 Å². The molecule has 0 bridgehead atoms. The van der Waals surface area contributed by atoms with Crippen LogP contribution >= 0.6 is 0 Å². The number of ether oxygens (including phenoxy) is 2. The second-order valence-electron chi connectivity index (χ2n) is 8.59. The molecule has 9 nitrogen and oxygen atoms in total. The minimum absolute atomic E-state index is 0.0411. The largest absolute Gasteiger partial charge is 0.461 e. The molecule has 3 heterocycles. The van der Waals surface area contributed by atoms with E-state index in [-0.39, 0.29) is 41.9 Å².